The summed E-state index contributed by atoms with van der Waals surface area (Å²) in [6, 6.07) is 4.12. The van der Waals surface area contributed by atoms with Crippen LogP contribution in [0.4, 0.5) is 0 Å². The van der Waals surface area contributed by atoms with Gasteiger partial charge < -0.3 is 10.6 Å². The summed E-state index contributed by atoms with van der Waals surface area (Å²) in [6.07, 6.45) is 2.23. The van der Waals surface area contributed by atoms with Crippen LogP contribution in [0, 0.1) is 46.3 Å². The Balaban J connectivity index is 2.51. The van der Waals surface area contributed by atoms with Crippen molar-refractivity contribution in [3.63, 3.8) is 0 Å². The van der Waals surface area contributed by atoms with Crippen molar-refractivity contribution in [3.05, 3.63) is 0 Å². The number of carbonyl (C=O) groups is 2. The SMILES string of the molecule is C[C@H](C#N)CNC(=O)[C@@H]1CCC[C@H]1C(=O)NC[C@@H](C)C#N. The molecule has 2 amide bonds. The van der Waals surface area contributed by atoms with Gasteiger partial charge in [0, 0.05) is 24.9 Å². The highest BCUT2D eigenvalue weighted by molar-refractivity contribution is 5.88. The molecule has 0 aromatic carbocycles. The summed E-state index contributed by atoms with van der Waals surface area (Å²) in [4.78, 5) is 24.2. The van der Waals surface area contributed by atoms with Gasteiger partial charge in [-0.1, -0.05) is 6.42 Å². The van der Waals surface area contributed by atoms with E-state index >= 15 is 0 Å². The molecule has 114 valence electrons. The first kappa shape index (κ1) is 17.0. The number of carbonyl (C=O) groups excluding carboxylic acids is 2. The molecule has 0 spiro atoms. The van der Waals surface area contributed by atoms with Gasteiger partial charge in [-0.05, 0) is 26.7 Å². The minimum Gasteiger partial charge on any atom is -0.355 e. The van der Waals surface area contributed by atoms with Crippen molar-refractivity contribution in [2.24, 2.45) is 23.7 Å². The number of nitriles is 2. The minimum absolute atomic E-state index is 0.150. The maximum absolute atomic E-state index is 12.1. The molecule has 0 saturated heterocycles. The number of rotatable bonds is 6. The van der Waals surface area contributed by atoms with Crippen LogP contribution in [-0.4, -0.2) is 24.9 Å². The maximum Gasteiger partial charge on any atom is 0.223 e. The van der Waals surface area contributed by atoms with Crippen molar-refractivity contribution in [2.75, 3.05) is 13.1 Å². The van der Waals surface area contributed by atoms with Crippen molar-refractivity contribution in [3.8, 4) is 12.1 Å². The van der Waals surface area contributed by atoms with Crippen LogP contribution >= 0.6 is 0 Å². The van der Waals surface area contributed by atoms with Crippen LogP contribution in [0.25, 0.3) is 0 Å². The Kier molecular flexibility index (Phi) is 6.68. The van der Waals surface area contributed by atoms with E-state index < -0.39 is 0 Å². The molecule has 0 aliphatic heterocycles. The molecule has 2 N–H and O–H groups in total. The summed E-state index contributed by atoms with van der Waals surface area (Å²) in [5, 5.41) is 22.9. The van der Waals surface area contributed by atoms with Crippen LogP contribution in [0.2, 0.25) is 0 Å². The first-order valence-electron chi connectivity index (χ1n) is 7.34. The van der Waals surface area contributed by atoms with E-state index in [2.05, 4.69) is 22.8 Å². The smallest absolute Gasteiger partial charge is 0.223 e. The monoisotopic (exact) mass is 290 g/mol. The zero-order valence-electron chi connectivity index (χ0n) is 12.6. The molecular weight excluding hydrogens is 268 g/mol. The quantitative estimate of drug-likeness (QED) is 0.759. The predicted molar refractivity (Wildman–Crippen MR) is 76.4 cm³/mol. The Morgan fingerprint density at radius 3 is 1.71 bits per heavy atom. The standard InChI is InChI=1S/C15H22N4O2/c1-10(6-16)8-18-14(20)12-4-3-5-13(12)15(21)19-9-11(2)7-17/h10-13H,3-5,8-9H2,1-2H3,(H,18,20)(H,19,21)/t10-,11+,12-,13-/m1/s1. The molecular formula is C15H22N4O2. The predicted octanol–water partition coefficient (Wildman–Crippen LogP) is 0.954. The van der Waals surface area contributed by atoms with E-state index in [0.29, 0.717) is 25.9 Å². The van der Waals surface area contributed by atoms with Gasteiger partial charge in [0.1, 0.15) is 0 Å². The molecule has 0 aromatic heterocycles. The second-order valence-electron chi connectivity index (χ2n) is 5.69. The number of nitrogens with zero attached hydrogens (tertiary/aromatic N) is 2. The summed E-state index contributed by atoms with van der Waals surface area (Å²) in [5.41, 5.74) is 0. The van der Waals surface area contributed by atoms with Crippen LogP contribution in [0.15, 0.2) is 0 Å². The van der Waals surface area contributed by atoms with Crippen molar-refractivity contribution in [1.82, 2.24) is 10.6 Å². The molecule has 4 atom stereocenters. The lowest BCUT2D eigenvalue weighted by Gasteiger charge is -2.19. The molecule has 0 heterocycles. The first-order chi connectivity index (χ1) is 9.99. The highest BCUT2D eigenvalue weighted by Gasteiger charge is 2.37. The number of nitrogens with one attached hydrogen (secondary N) is 2. The molecule has 0 bridgehead atoms. The lowest BCUT2D eigenvalue weighted by Crippen LogP contribution is -2.41. The van der Waals surface area contributed by atoms with Crippen LogP contribution in [0.1, 0.15) is 33.1 Å². The molecule has 1 aliphatic carbocycles. The largest absolute Gasteiger partial charge is 0.355 e. The second kappa shape index (κ2) is 8.26. The maximum atomic E-state index is 12.1. The average Bonchev–Trinajstić information content (AvgIpc) is 2.98. The fourth-order valence-electron chi connectivity index (χ4n) is 2.45. The number of amides is 2. The van der Waals surface area contributed by atoms with Crippen molar-refractivity contribution in [1.29, 1.82) is 10.5 Å². The van der Waals surface area contributed by atoms with E-state index in [1.807, 2.05) is 0 Å². The van der Waals surface area contributed by atoms with E-state index in [9.17, 15) is 9.59 Å². The van der Waals surface area contributed by atoms with E-state index in [-0.39, 0.29) is 35.5 Å². The first-order valence-corrected chi connectivity index (χ1v) is 7.34. The molecule has 0 unspecified atom stereocenters. The van der Waals surface area contributed by atoms with Gasteiger partial charge in [0.05, 0.1) is 24.0 Å². The Hall–Kier alpha value is -2.08. The molecule has 0 radical (unpaired) electrons. The normalized spacial score (nSPS) is 23.4. The van der Waals surface area contributed by atoms with E-state index in [1.54, 1.807) is 13.8 Å². The molecule has 1 saturated carbocycles. The summed E-state index contributed by atoms with van der Waals surface area (Å²) in [6.45, 7) is 4.10. The summed E-state index contributed by atoms with van der Waals surface area (Å²) in [5.74, 6) is -1.43. The summed E-state index contributed by atoms with van der Waals surface area (Å²) in [7, 11) is 0. The molecule has 21 heavy (non-hydrogen) atoms. The molecule has 0 aromatic rings. The Morgan fingerprint density at radius 1 is 1.00 bits per heavy atom. The lowest BCUT2D eigenvalue weighted by atomic mass is 9.94. The Bertz CT molecular complexity index is 421. The fourth-order valence-corrected chi connectivity index (χ4v) is 2.45. The highest BCUT2D eigenvalue weighted by Crippen LogP contribution is 2.32. The molecule has 6 nitrogen and oxygen atoms in total. The number of hydrogen-bond donors (Lipinski definition) is 2. The van der Waals surface area contributed by atoms with Gasteiger partial charge in [-0.3, -0.25) is 9.59 Å². The molecule has 1 fully saturated rings. The van der Waals surface area contributed by atoms with Gasteiger partial charge >= 0.3 is 0 Å². The zero-order valence-corrected chi connectivity index (χ0v) is 12.6. The molecule has 6 heteroatoms. The van der Waals surface area contributed by atoms with Gasteiger partial charge in [0.15, 0.2) is 0 Å². The van der Waals surface area contributed by atoms with Crippen molar-refractivity contribution < 1.29 is 9.59 Å². The molecule has 1 aliphatic rings. The van der Waals surface area contributed by atoms with E-state index in [4.69, 9.17) is 10.5 Å². The highest BCUT2D eigenvalue weighted by atomic mass is 16.2. The van der Waals surface area contributed by atoms with Gasteiger partial charge in [-0.15, -0.1) is 0 Å². The van der Waals surface area contributed by atoms with E-state index in [0.717, 1.165) is 6.42 Å². The minimum atomic E-state index is -0.326. The average molecular weight is 290 g/mol. The van der Waals surface area contributed by atoms with Gasteiger partial charge in [0.2, 0.25) is 11.8 Å². The summed E-state index contributed by atoms with van der Waals surface area (Å²) < 4.78 is 0. The lowest BCUT2D eigenvalue weighted by molar-refractivity contribution is -0.133. The zero-order chi connectivity index (χ0) is 15.8. The van der Waals surface area contributed by atoms with Crippen LogP contribution in [0.3, 0.4) is 0 Å². The van der Waals surface area contributed by atoms with Crippen molar-refractivity contribution in [2.45, 2.75) is 33.1 Å². The number of hydrogen-bond acceptors (Lipinski definition) is 4. The second-order valence-corrected chi connectivity index (χ2v) is 5.69. The Labute approximate surface area is 125 Å². The summed E-state index contributed by atoms with van der Waals surface area (Å²) >= 11 is 0. The van der Waals surface area contributed by atoms with Gasteiger partial charge in [0.25, 0.3) is 0 Å². The third-order valence-electron chi connectivity index (χ3n) is 3.80. The molecule has 1 rings (SSSR count). The van der Waals surface area contributed by atoms with Crippen LogP contribution < -0.4 is 10.6 Å². The Morgan fingerprint density at radius 2 is 1.38 bits per heavy atom. The topological polar surface area (TPSA) is 106 Å². The third-order valence-corrected chi connectivity index (χ3v) is 3.80. The fraction of sp³-hybridized carbons (Fsp3) is 0.733. The van der Waals surface area contributed by atoms with Crippen LogP contribution in [0.5, 0.6) is 0 Å². The van der Waals surface area contributed by atoms with Gasteiger partial charge in [-0.25, -0.2) is 0 Å². The van der Waals surface area contributed by atoms with Crippen molar-refractivity contribution >= 4 is 11.8 Å². The van der Waals surface area contributed by atoms with Gasteiger partial charge in [-0.2, -0.15) is 10.5 Å². The van der Waals surface area contributed by atoms with Crippen LogP contribution in [-0.2, 0) is 9.59 Å². The third kappa shape index (κ3) is 5.07. The van der Waals surface area contributed by atoms with E-state index in [1.165, 1.54) is 0 Å².